The van der Waals surface area contributed by atoms with Gasteiger partial charge in [-0.3, -0.25) is 0 Å². The Bertz CT molecular complexity index is 459. The van der Waals surface area contributed by atoms with Crippen LogP contribution in [0, 0.1) is 12.7 Å². The van der Waals surface area contributed by atoms with Gasteiger partial charge in [0.2, 0.25) is 0 Å². The first-order valence-electron chi connectivity index (χ1n) is 4.93. The highest BCUT2D eigenvalue weighted by molar-refractivity contribution is 7.15. The van der Waals surface area contributed by atoms with Gasteiger partial charge in [0, 0.05) is 10.4 Å². The predicted molar refractivity (Wildman–Crippen MR) is 61.6 cm³/mol. The van der Waals surface area contributed by atoms with Crippen molar-refractivity contribution in [3.05, 3.63) is 40.7 Å². The molecule has 3 heteroatoms. The Morgan fingerprint density at radius 3 is 2.47 bits per heavy atom. The molecule has 1 heterocycles. The van der Waals surface area contributed by atoms with Gasteiger partial charge in [-0.2, -0.15) is 0 Å². The van der Waals surface area contributed by atoms with Gasteiger partial charge < -0.3 is 0 Å². The van der Waals surface area contributed by atoms with Crippen LogP contribution in [0.5, 0.6) is 0 Å². The number of nitrogens with zero attached hydrogens (tertiary/aromatic N) is 1. The standard InChI is InChI=1S/C12H12FNS/c1-3-11-8(2)14-12(15-11)9-4-6-10(13)7-5-9/h4-7H,3H2,1-2H3. The van der Waals surface area contributed by atoms with Gasteiger partial charge in [-0.1, -0.05) is 6.92 Å². The van der Waals surface area contributed by atoms with E-state index in [4.69, 9.17) is 0 Å². The maximum Gasteiger partial charge on any atom is 0.123 e. The SMILES string of the molecule is CCc1sc(-c2ccc(F)cc2)nc1C. The minimum Gasteiger partial charge on any atom is -0.241 e. The second-order valence-electron chi connectivity index (χ2n) is 3.39. The molecule has 0 aliphatic carbocycles. The van der Waals surface area contributed by atoms with Gasteiger partial charge in [0.25, 0.3) is 0 Å². The summed E-state index contributed by atoms with van der Waals surface area (Å²) in [4.78, 5) is 5.78. The van der Waals surface area contributed by atoms with Crippen LogP contribution < -0.4 is 0 Å². The molecule has 0 bridgehead atoms. The number of halogens is 1. The van der Waals surface area contributed by atoms with E-state index < -0.39 is 0 Å². The molecule has 0 aliphatic rings. The number of hydrogen-bond acceptors (Lipinski definition) is 2. The van der Waals surface area contributed by atoms with Gasteiger partial charge in [-0.05, 0) is 37.6 Å². The van der Waals surface area contributed by atoms with Gasteiger partial charge in [-0.15, -0.1) is 11.3 Å². The van der Waals surface area contributed by atoms with Crippen molar-refractivity contribution in [3.8, 4) is 10.6 Å². The first-order chi connectivity index (χ1) is 7.20. The summed E-state index contributed by atoms with van der Waals surface area (Å²) >= 11 is 1.68. The smallest absolute Gasteiger partial charge is 0.123 e. The molecule has 1 nitrogen and oxygen atoms in total. The molecule has 0 saturated heterocycles. The highest BCUT2D eigenvalue weighted by atomic mass is 32.1. The molecular formula is C12H12FNS. The third kappa shape index (κ3) is 2.07. The zero-order chi connectivity index (χ0) is 10.8. The van der Waals surface area contributed by atoms with Crippen LogP contribution in [-0.2, 0) is 6.42 Å². The van der Waals surface area contributed by atoms with Gasteiger partial charge in [-0.25, -0.2) is 9.37 Å². The summed E-state index contributed by atoms with van der Waals surface area (Å²) in [6.07, 6.45) is 1.00. The third-order valence-corrected chi connectivity index (χ3v) is 3.66. The number of benzene rings is 1. The molecule has 2 aromatic rings. The number of rotatable bonds is 2. The first-order valence-corrected chi connectivity index (χ1v) is 5.74. The molecule has 1 aromatic carbocycles. The summed E-state index contributed by atoms with van der Waals surface area (Å²) in [6.45, 7) is 4.14. The van der Waals surface area contributed by atoms with Crippen LogP contribution in [-0.4, -0.2) is 4.98 Å². The topological polar surface area (TPSA) is 12.9 Å². The Morgan fingerprint density at radius 1 is 1.27 bits per heavy atom. The van der Waals surface area contributed by atoms with E-state index in [1.54, 1.807) is 23.5 Å². The lowest BCUT2D eigenvalue weighted by Gasteiger charge is -1.94. The van der Waals surface area contributed by atoms with Crippen molar-refractivity contribution in [2.24, 2.45) is 0 Å². The average Bonchev–Trinajstić information content (AvgIpc) is 2.61. The van der Waals surface area contributed by atoms with E-state index in [0.717, 1.165) is 22.7 Å². The molecule has 0 N–H and O–H groups in total. The van der Waals surface area contributed by atoms with Crippen molar-refractivity contribution in [2.45, 2.75) is 20.3 Å². The van der Waals surface area contributed by atoms with Crippen molar-refractivity contribution in [1.82, 2.24) is 4.98 Å². The van der Waals surface area contributed by atoms with Gasteiger partial charge in [0.05, 0.1) is 5.69 Å². The van der Waals surface area contributed by atoms with Crippen molar-refractivity contribution in [3.63, 3.8) is 0 Å². The minimum absolute atomic E-state index is 0.206. The Labute approximate surface area is 92.6 Å². The van der Waals surface area contributed by atoms with Crippen LogP contribution in [0.1, 0.15) is 17.5 Å². The molecule has 0 fully saturated rings. The molecule has 0 radical (unpaired) electrons. The molecule has 0 atom stereocenters. The summed E-state index contributed by atoms with van der Waals surface area (Å²) in [5.41, 5.74) is 2.08. The number of thiazole rings is 1. The van der Waals surface area contributed by atoms with Crippen LogP contribution in [0.15, 0.2) is 24.3 Å². The fraction of sp³-hybridized carbons (Fsp3) is 0.250. The van der Waals surface area contributed by atoms with E-state index in [9.17, 15) is 4.39 Å². The van der Waals surface area contributed by atoms with E-state index in [1.165, 1.54) is 17.0 Å². The van der Waals surface area contributed by atoms with Crippen LogP contribution in [0.2, 0.25) is 0 Å². The Morgan fingerprint density at radius 2 is 1.93 bits per heavy atom. The summed E-state index contributed by atoms with van der Waals surface area (Å²) in [6, 6.07) is 6.48. The van der Waals surface area contributed by atoms with Gasteiger partial charge in [0.1, 0.15) is 10.8 Å². The zero-order valence-electron chi connectivity index (χ0n) is 8.75. The minimum atomic E-state index is -0.206. The summed E-state index contributed by atoms with van der Waals surface area (Å²) in [5, 5.41) is 0.976. The average molecular weight is 221 g/mol. The van der Waals surface area contributed by atoms with E-state index in [1.807, 2.05) is 6.92 Å². The monoisotopic (exact) mass is 221 g/mol. The van der Waals surface area contributed by atoms with E-state index in [2.05, 4.69) is 11.9 Å². The van der Waals surface area contributed by atoms with Crippen LogP contribution >= 0.6 is 11.3 Å². The molecule has 0 saturated carbocycles. The summed E-state index contributed by atoms with van der Waals surface area (Å²) in [5.74, 6) is -0.206. The fourth-order valence-electron chi connectivity index (χ4n) is 1.47. The van der Waals surface area contributed by atoms with Gasteiger partial charge >= 0.3 is 0 Å². The predicted octanol–water partition coefficient (Wildman–Crippen LogP) is 3.82. The van der Waals surface area contributed by atoms with Crippen molar-refractivity contribution < 1.29 is 4.39 Å². The largest absolute Gasteiger partial charge is 0.241 e. The van der Waals surface area contributed by atoms with Crippen molar-refractivity contribution in [2.75, 3.05) is 0 Å². The second kappa shape index (κ2) is 4.11. The van der Waals surface area contributed by atoms with Crippen LogP contribution in [0.3, 0.4) is 0 Å². The lowest BCUT2D eigenvalue weighted by molar-refractivity contribution is 0.628. The molecule has 1 aromatic heterocycles. The Hall–Kier alpha value is -1.22. The third-order valence-electron chi connectivity index (χ3n) is 2.30. The molecule has 0 spiro atoms. The maximum atomic E-state index is 12.7. The molecule has 0 aliphatic heterocycles. The maximum absolute atomic E-state index is 12.7. The lowest BCUT2D eigenvalue weighted by atomic mass is 10.2. The molecule has 0 unspecified atom stereocenters. The van der Waals surface area contributed by atoms with E-state index in [-0.39, 0.29) is 5.82 Å². The van der Waals surface area contributed by atoms with Gasteiger partial charge in [0.15, 0.2) is 0 Å². The van der Waals surface area contributed by atoms with Crippen LogP contribution in [0.25, 0.3) is 10.6 Å². The quantitative estimate of drug-likeness (QED) is 0.751. The molecule has 78 valence electrons. The van der Waals surface area contributed by atoms with Crippen molar-refractivity contribution >= 4 is 11.3 Å². The Kier molecular flexibility index (Phi) is 2.82. The first kappa shape index (κ1) is 10.3. The normalized spacial score (nSPS) is 10.6. The lowest BCUT2D eigenvalue weighted by Crippen LogP contribution is -1.79. The number of hydrogen-bond donors (Lipinski definition) is 0. The van der Waals surface area contributed by atoms with E-state index in [0.29, 0.717) is 0 Å². The van der Waals surface area contributed by atoms with Crippen LogP contribution in [0.4, 0.5) is 4.39 Å². The zero-order valence-corrected chi connectivity index (χ0v) is 9.57. The van der Waals surface area contributed by atoms with E-state index >= 15 is 0 Å². The number of aryl methyl sites for hydroxylation is 2. The fourth-order valence-corrected chi connectivity index (χ4v) is 2.48. The Balaban J connectivity index is 2.41. The highest BCUT2D eigenvalue weighted by Gasteiger charge is 2.07. The molecule has 15 heavy (non-hydrogen) atoms. The summed E-state index contributed by atoms with van der Waals surface area (Å²) < 4.78 is 12.7. The number of aromatic nitrogens is 1. The van der Waals surface area contributed by atoms with Crippen molar-refractivity contribution in [1.29, 1.82) is 0 Å². The summed E-state index contributed by atoms with van der Waals surface area (Å²) in [7, 11) is 0. The second-order valence-corrected chi connectivity index (χ2v) is 4.47. The molecular weight excluding hydrogens is 209 g/mol. The molecule has 2 rings (SSSR count). The molecule has 0 amide bonds. The highest BCUT2D eigenvalue weighted by Crippen LogP contribution is 2.28.